The van der Waals surface area contributed by atoms with Crippen molar-refractivity contribution in [3.8, 4) is 16.9 Å². The van der Waals surface area contributed by atoms with Crippen LogP contribution in [0.4, 0.5) is 33.2 Å². The highest BCUT2D eigenvalue weighted by molar-refractivity contribution is 9.10. The molecule has 0 unspecified atom stereocenters. The van der Waals surface area contributed by atoms with Crippen LogP contribution >= 0.6 is 23.9 Å². The van der Waals surface area contributed by atoms with E-state index in [2.05, 4.69) is 81.7 Å². The minimum atomic E-state index is -0.533. The third-order valence-electron chi connectivity index (χ3n) is 9.56. The van der Waals surface area contributed by atoms with Crippen LogP contribution in [0.3, 0.4) is 0 Å². The molecule has 2 saturated heterocycles. The largest absolute Gasteiger partial charge is 0.492 e. The summed E-state index contributed by atoms with van der Waals surface area (Å²) in [5.41, 5.74) is 5.09. The van der Waals surface area contributed by atoms with Crippen molar-refractivity contribution in [1.29, 1.82) is 0 Å². The first-order valence-corrected chi connectivity index (χ1v) is 19.8. The fraction of sp³-hybridized carbons (Fsp3) is 0.400. The van der Waals surface area contributed by atoms with Crippen molar-refractivity contribution in [2.75, 3.05) is 82.3 Å². The summed E-state index contributed by atoms with van der Waals surface area (Å²) in [6, 6.07) is 6.37. The number of likely N-dealkylation sites (N-methyl/N-ethyl adjacent to an activating group) is 1. The number of piperidine rings is 1. The molecule has 0 bridgehead atoms. The van der Waals surface area contributed by atoms with Crippen molar-refractivity contribution in [3.05, 3.63) is 59.5 Å². The highest BCUT2D eigenvalue weighted by Gasteiger charge is 2.31. The van der Waals surface area contributed by atoms with Crippen LogP contribution in [0.15, 0.2) is 53.7 Å². The van der Waals surface area contributed by atoms with E-state index in [1.807, 2.05) is 31.4 Å². The van der Waals surface area contributed by atoms with E-state index in [1.165, 1.54) is 7.11 Å². The van der Waals surface area contributed by atoms with Gasteiger partial charge in [0.25, 0.3) is 0 Å². The number of aromatic nitrogens is 6. The number of ether oxygens (including phenoxy) is 1. The zero-order valence-corrected chi connectivity index (χ0v) is 31.5. The lowest BCUT2D eigenvalue weighted by molar-refractivity contribution is 0.0981. The Morgan fingerprint density at radius 3 is 2.40 bits per heavy atom. The number of aryl methyl sites for hydroxylation is 1. The number of fused-ring (bicyclic) bond motifs is 1. The molecule has 2 aliphatic rings. The Hall–Kier alpha value is -3.97. The van der Waals surface area contributed by atoms with Gasteiger partial charge in [-0.25, -0.2) is 9.37 Å². The zero-order chi connectivity index (χ0) is 34.9. The average molecular weight is 763 g/mol. The second-order valence-corrected chi connectivity index (χ2v) is 16.1. The third kappa shape index (κ3) is 6.99. The predicted molar refractivity (Wildman–Crippen MR) is 204 cm³/mol. The number of anilines is 5. The molecule has 5 heterocycles. The van der Waals surface area contributed by atoms with E-state index in [9.17, 15) is 0 Å². The molecule has 0 radical (unpaired) electrons. The SMILES string of the molecule is COc1c(Nc2ncc(Br)c(Nc3ccc4nccnc4c3P(C)C)n2)cc(-c2cnn(C)c2)c(N2CCC(N3CCN(C)CC3)CC2)c1F. The fourth-order valence-electron chi connectivity index (χ4n) is 6.98. The summed E-state index contributed by atoms with van der Waals surface area (Å²) in [5, 5.41) is 12.3. The van der Waals surface area contributed by atoms with Gasteiger partial charge >= 0.3 is 0 Å². The van der Waals surface area contributed by atoms with Crippen LogP contribution in [0.25, 0.3) is 22.2 Å². The molecule has 3 aromatic heterocycles. The number of nitrogens with zero attached hydrogens (tertiary/aromatic N) is 9. The number of hydrogen-bond acceptors (Lipinski definition) is 11. The lowest BCUT2D eigenvalue weighted by Gasteiger charge is -2.43. The molecular weight excluding hydrogens is 720 g/mol. The van der Waals surface area contributed by atoms with E-state index in [1.54, 1.807) is 29.5 Å². The van der Waals surface area contributed by atoms with Gasteiger partial charge in [-0.05, 0) is 67.3 Å². The summed E-state index contributed by atoms with van der Waals surface area (Å²) >= 11 is 3.61. The second-order valence-electron chi connectivity index (χ2n) is 13.0. The average Bonchev–Trinajstić information content (AvgIpc) is 3.55. The van der Waals surface area contributed by atoms with Gasteiger partial charge in [-0.2, -0.15) is 10.1 Å². The first-order valence-electron chi connectivity index (χ1n) is 16.7. The van der Waals surface area contributed by atoms with Crippen LogP contribution in [0, 0.1) is 5.82 Å². The highest BCUT2D eigenvalue weighted by atomic mass is 79.9. The summed E-state index contributed by atoms with van der Waals surface area (Å²) in [6.07, 6.45) is 10.7. The molecule has 0 atom stereocenters. The predicted octanol–water partition coefficient (Wildman–Crippen LogP) is 5.80. The van der Waals surface area contributed by atoms with Crippen molar-refractivity contribution in [2.45, 2.75) is 18.9 Å². The van der Waals surface area contributed by atoms with Crippen LogP contribution in [0.2, 0.25) is 0 Å². The molecular formula is C35H42BrFN11OP. The number of piperazine rings is 1. The fourth-order valence-corrected chi connectivity index (χ4v) is 8.48. The van der Waals surface area contributed by atoms with Crippen LogP contribution in [0.5, 0.6) is 5.75 Å². The van der Waals surface area contributed by atoms with Gasteiger partial charge in [0.1, 0.15) is 5.82 Å². The number of hydrogen-bond donors (Lipinski definition) is 2. The van der Waals surface area contributed by atoms with Gasteiger partial charge in [-0.3, -0.25) is 19.5 Å². The molecule has 50 heavy (non-hydrogen) atoms. The summed E-state index contributed by atoms with van der Waals surface area (Å²) in [5.74, 6) is 0.512. The molecule has 2 N–H and O–H groups in total. The van der Waals surface area contributed by atoms with Crippen molar-refractivity contribution in [3.63, 3.8) is 0 Å². The summed E-state index contributed by atoms with van der Waals surface area (Å²) in [6.45, 7) is 10.2. The van der Waals surface area contributed by atoms with Crippen molar-refractivity contribution >= 4 is 69.0 Å². The molecule has 0 saturated carbocycles. The Morgan fingerprint density at radius 1 is 0.940 bits per heavy atom. The maximum atomic E-state index is 16.8. The maximum Gasteiger partial charge on any atom is 0.229 e. The van der Waals surface area contributed by atoms with Gasteiger partial charge < -0.3 is 25.2 Å². The number of nitrogens with one attached hydrogen (secondary N) is 2. The lowest BCUT2D eigenvalue weighted by Crippen LogP contribution is -2.52. The molecule has 2 aromatic carbocycles. The Bertz CT molecular complexity index is 1990. The van der Waals surface area contributed by atoms with Gasteiger partial charge in [0.2, 0.25) is 5.95 Å². The smallest absolute Gasteiger partial charge is 0.229 e. The monoisotopic (exact) mass is 761 g/mol. The first-order chi connectivity index (χ1) is 24.2. The van der Waals surface area contributed by atoms with E-state index in [-0.39, 0.29) is 11.7 Å². The lowest BCUT2D eigenvalue weighted by atomic mass is 9.98. The van der Waals surface area contributed by atoms with Crippen LogP contribution in [-0.4, -0.2) is 112 Å². The van der Waals surface area contributed by atoms with E-state index in [0.29, 0.717) is 27.7 Å². The van der Waals surface area contributed by atoms with Crippen LogP contribution < -0.4 is 25.6 Å². The summed E-state index contributed by atoms with van der Waals surface area (Å²) < 4.78 is 25.0. The first kappa shape index (κ1) is 34.5. The van der Waals surface area contributed by atoms with Crippen LogP contribution in [0.1, 0.15) is 12.8 Å². The summed E-state index contributed by atoms with van der Waals surface area (Å²) in [4.78, 5) is 25.6. The molecule has 7 rings (SSSR count). The second kappa shape index (κ2) is 14.7. The van der Waals surface area contributed by atoms with Gasteiger partial charge in [0.15, 0.2) is 11.6 Å². The van der Waals surface area contributed by atoms with Gasteiger partial charge in [-0.1, -0.05) is 7.92 Å². The van der Waals surface area contributed by atoms with Gasteiger partial charge in [-0.15, -0.1) is 0 Å². The van der Waals surface area contributed by atoms with E-state index < -0.39 is 13.7 Å². The van der Waals surface area contributed by atoms with Crippen LogP contribution in [-0.2, 0) is 7.05 Å². The molecule has 2 aliphatic heterocycles. The minimum absolute atomic E-state index is 0.104. The zero-order valence-electron chi connectivity index (χ0n) is 29.0. The van der Waals surface area contributed by atoms with Crippen molar-refractivity contribution < 1.29 is 9.13 Å². The van der Waals surface area contributed by atoms with E-state index >= 15 is 4.39 Å². The third-order valence-corrected chi connectivity index (χ3v) is 11.5. The standard InChI is InChI=1S/C35H42BrFN11OP/c1-45-14-16-47(17-15-45)23-8-12-48(13-9-23)31-24(22-19-41-46(2)21-22)18-28(32(49-3)29(31)37)43-35-40-20-25(36)34(44-35)42-27-7-6-26-30(33(27)50(4)5)39-11-10-38-26/h6-7,10-11,18-21,23H,8-9,12-17H2,1-5H3,(H2,40,42,43,44). The highest BCUT2D eigenvalue weighted by Crippen LogP contribution is 2.44. The molecule has 262 valence electrons. The molecule has 0 aliphatic carbocycles. The molecule has 2 fully saturated rings. The Morgan fingerprint density at radius 2 is 1.70 bits per heavy atom. The number of benzene rings is 2. The Balaban J connectivity index is 1.20. The number of rotatable bonds is 9. The molecule has 15 heteroatoms. The van der Waals surface area contributed by atoms with Gasteiger partial charge in [0, 0.05) is 99.3 Å². The quantitative estimate of drug-likeness (QED) is 0.178. The Labute approximate surface area is 301 Å². The number of methoxy groups -OCH3 is 1. The molecule has 12 nitrogen and oxygen atoms in total. The molecule has 5 aromatic rings. The molecule has 0 amide bonds. The topological polar surface area (TPSA) is 112 Å². The maximum absolute atomic E-state index is 16.8. The van der Waals surface area contributed by atoms with Gasteiger partial charge in [0.05, 0.1) is 40.2 Å². The summed E-state index contributed by atoms with van der Waals surface area (Å²) in [7, 11) is 5.00. The molecule has 0 spiro atoms. The minimum Gasteiger partial charge on any atom is -0.492 e. The van der Waals surface area contributed by atoms with E-state index in [0.717, 1.165) is 85.3 Å². The van der Waals surface area contributed by atoms with Crippen molar-refractivity contribution in [1.82, 2.24) is 39.5 Å². The van der Waals surface area contributed by atoms with E-state index in [4.69, 9.17) is 9.72 Å². The number of halogens is 2. The van der Waals surface area contributed by atoms with Crippen molar-refractivity contribution in [2.24, 2.45) is 7.05 Å². The normalized spacial score (nSPS) is 16.4. The Kier molecular flexibility index (Phi) is 10.1.